The summed E-state index contributed by atoms with van der Waals surface area (Å²) < 4.78 is 5.28. The molecule has 0 spiro atoms. The number of hydrogen-bond acceptors (Lipinski definition) is 3. The number of amides is 1. The first-order valence-corrected chi connectivity index (χ1v) is 6.40. The number of ether oxygens (including phenoxy) is 1. The molecule has 0 aliphatic carbocycles. The number of hydrogen-bond donors (Lipinski definition) is 2. The largest absolute Gasteiger partial charge is 0.380 e. The highest BCUT2D eigenvalue weighted by Crippen LogP contribution is 2.18. The standard InChI is InChI=1S/C13H17ClN2O2/c14-10-3-1-9(2-4-10)12(13(15)17)7-16-11-5-6-18-8-11/h1-4,11-12,16H,5-8H2,(H2,15,17)/t11?,12-/m1/s1. The lowest BCUT2D eigenvalue weighted by Gasteiger charge is -2.17. The van der Waals surface area contributed by atoms with Crippen LogP contribution in [0.2, 0.25) is 5.02 Å². The third-order valence-corrected chi connectivity index (χ3v) is 3.41. The van der Waals surface area contributed by atoms with Gasteiger partial charge in [0.05, 0.1) is 12.5 Å². The van der Waals surface area contributed by atoms with E-state index in [0.717, 1.165) is 18.6 Å². The first kappa shape index (κ1) is 13.3. The maximum absolute atomic E-state index is 11.5. The predicted molar refractivity (Wildman–Crippen MR) is 70.6 cm³/mol. The lowest BCUT2D eigenvalue weighted by molar-refractivity contribution is -0.119. The van der Waals surface area contributed by atoms with Crippen molar-refractivity contribution in [2.45, 2.75) is 18.4 Å². The molecule has 18 heavy (non-hydrogen) atoms. The van der Waals surface area contributed by atoms with E-state index in [0.29, 0.717) is 24.2 Å². The van der Waals surface area contributed by atoms with Crippen molar-refractivity contribution in [3.63, 3.8) is 0 Å². The fraction of sp³-hybridized carbons (Fsp3) is 0.462. The van der Waals surface area contributed by atoms with Crippen LogP contribution in [-0.4, -0.2) is 31.7 Å². The van der Waals surface area contributed by atoms with Crippen molar-refractivity contribution < 1.29 is 9.53 Å². The summed E-state index contributed by atoms with van der Waals surface area (Å²) in [7, 11) is 0. The summed E-state index contributed by atoms with van der Waals surface area (Å²) in [6, 6.07) is 7.53. The molecule has 1 aliphatic heterocycles. The average Bonchev–Trinajstić information content (AvgIpc) is 2.84. The predicted octanol–water partition coefficient (Wildman–Crippen LogP) is 1.29. The maximum Gasteiger partial charge on any atom is 0.226 e. The number of benzene rings is 1. The van der Waals surface area contributed by atoms with Gasteiger partial charge in [-0.3, -0.25) is 4.79 Å². The van der Waals surface area contributed by atoms with Gasteiger partial charge in [-0.25, -0.2) is 0 Å². The molecule has 0 aromatic heterocycles. The average molecular weight is 269 g/mol. The number of halogens is 1. The smallest absolute Gasteiger partial charge is 0.226 e. The van der Waals surface area contributed by atoms with Gasteiger partial charge in [-0.05, 0) is 24.1 Å². The van der Waals surface area contributed by atoms with Gasteiger partial charge < -0.3 is 15.8 Å². The second kappa shape index (κ2) is 6.18. The molecule has 5 heteroatoms. The number of nitrogens with one attached hydrogen (secondary N) is 1. The van der Waals surface area contributed by atoms with E-state index >= 15 is 0 Å². The summed E-state index contributed by atoms with van der Waals surface area (Å²) >= 11 is 5.83. The Hall–Kier alpha value is -1.10. The van der Waals surface area contributed by atoms with Crippen molar-refractivity contribution in [3.05, 3.63) is 34.9 Å². The van der Waals surface area contributed by atoms with E-state index < -0.39 is 0 Å². The van der Waals surface area contributed by atoms with Crippen molar-refractivity contribution in [3.8, 4) is 0 Å². The topological polar surface area (TPSA) is 64.4 Å². The second-order valence-corrected chi connectivity index (χ2v) is 4.91. The van der Waals surface area contributed by atoms with E-state index in [1.54, 1.807) is 12.1 Å². The summed E-state index contributed by atoms with van der Waals surface area (Å²) in [6.45, 7) is 2.01. The highest BCUT2D eigenvalue weighted by atomic mass is 35.5. The number of carbonyl (C=O) groups is 1. The molecule has 4 nitrogen and oxygen atoms in total. The molecule has 98 valence electrons. The minimum absolute atomic E-state index is 0.319. The van der Waals surface area contributed by atoms with Gasteiger partial charge in [0.15, 0.2) is 0 Å². The second-order valence-electron chi connectivity index (χ2n) is 4.48. The van der Waals surface area contributed by atoms with Crippen LogP contribution in [0.5, 0.6) is 0 Å². The highest BCUT2D eigenvalue weighted by Gasteiger charge is 2.21. The van der Waals surface area contributed by atoms with E-state index in [1.807, 2.05) is 12.1 Å². The summed E-state index contributed by atoms with van der Waals surface area (Å²) in [5, 5.41) is 3.97. The van der Waals surface area contributed by atoms with Crippen LogP contribution in [0.4, 0.5) is 0 Å². The minimum Gasteiger partial charge on any atom is -0.380 e. The number of rotatable bonds is 5. The molecule has 1 aromatic carbocycles. The van der Waals surface area contributed by atoms with Crippen molar-refractivity contribution in [1.82, 2.24) is 5.32 Å². The monoisotopic (exact) mass is 268 g/mol. The van der Waals surface area contributed by atoms with Gasteiger partial charge in [0.25, 0.3) is 0 Å². The van der Waals surface area contributed by atoms with Crippen molar-refractivity contribution in [2.24, 2.45) is 5.73 Å². The zero-order valence-corrected chi connectivity index (χ0v) is 10.8. The SMILES string of the molecule is NC(=O)[C@H](CNC1CCOC1)c1ccc(Cl)cc1. The van der Waals surface area contributed by atoms with E-state index in [4.69, 9.17) is 22.1 Å². The van der Waals surface area contributed by atoms with Gasteiger partial charge in [-0.15, -0.1) is 0 Å². The number of carbonyl (C=O) groups excluding carboxylic acids is 1. The van der Waals surface area contributed by atoms with E-state index in [2.05, 4.69) is 5.32 Å². The molecule has 2 atom stereocenters. The molecule has 0 saturated carbocycles. The molecule has 1 unspecified atom stereocenters. The first-order valence-electron chi connectivity index (χ1n) is 6.02. The summed E-state index contributed by atoms with van der Waals surface area (Å²) in [4.78, 5) is 11.5. The highest BCUT2D eigenvalue weighted by molar-refractivity contribution is 6.30. The molecule has 1 aliphatic rings. The Morgan fingerprint density at radius 1 is 1.50 bits per heavy atom. The Balaban J connectivity index is 1.99. The normalized spacial score (nSPS) is 20.8. The van der Waals surface area contributed by atoms with Crippen LogP contribution in [0, 0.1) is 0 Å². The molecule has 0 bridgehead atoms. The first-order chi connectivity index (χ1) is 8.66. The zero-order valence-electron chi connectivity index (χ0n) is 10.1. The maximum atomic E-state index is 11.5. The van der Waals surface area contributed by atoms with Crippen LogP contribution in [0.1, 0.15) is 17.9 Å². The van der Waals surface area contributed by atoms with Crippen LogP contribution in [-0.2, 0) is 9.53 Å². The Kier molecular flexibility index (Phi) is 4.58. The van der Waals surface area contributed by atoms with Crippen LogP contribution in [0.15, 0.2) is 24.3 Å². The van der Waals surface area contributed by atoms with Crippen molar-refractivity contribution >= 4 is 17.5 Å². The van der Waals surface area contributed by atoms with Gasteiger partial charge in [-0.2, -0.15) is 0 Å². The Bertz CT molecular complexity index is 402. The van der Waals surface area contributed by atoms with Crippen LogP contribution in [0.3, 0.4) is 0 Å². The van der Waals surface area contributed by atoms with E-state index in [1.165, 1.54) is 0 Å². The van der Waals surface area contributed by atoms with Gasteiger partial charge in [0.2, 0.25) is 5.91 Å². The van der Waals surface area contributed by atoms with Gasteiger partial charge in [0, 0.05) is 24.2 Å². The van der Waals surface area contributed by atoms with E-state index in [9.17, 15) is 4.79 Å². The molecule has 0 radical (unpaired) electrons. The third-order valence-electron chi connectivity index (χ3n) is 3.16. The Labute approximate surface area is 111 Å². The summed E-state index contributed by atoms with van der Waals surface area (Å²) in [5.74, 6) is -0.661. The van der Waals surface area contributed by atoms with Crippen LogP contribution >= 0.6 is 11.6 Å². The molecule has 1 saturated heterocycles. The van der Waals surface area contributed by atoms with Crippen molar-refractivity contribution in [1.29, 1.82) is 0 Å². The molecular weight excluding hydrogens is 252 g/mol. The number of primary amides is 1. The fourth-order valence-corrected chi connectivity index (χ4v) is 2.18. The fourth-order valence-electron chi connectivity index (χ4n) is 2.06. The quantitative estimate of drug-likeness (QED) is 0.846. The minimum atomic E-state index is -0.331. The Morgan fingerprint density at radius 3 is 2.78 bits per heavy atom. The molecular formula is C13H17ClN2O2. The number of nitrogens with two attached hydrogens (primary N) is 1. The molecule has 2 rings (SSSR count). The molecule has 1 aromatic rings. The van der Waals surface area contributed by atoms with Crippen molar-refractivity contribution in [2.75, 3.05) is 19.8 Å². The van der Waals surface area contributed by atoms with Crippen LogP contribution < -0.4 is 11.1 Å². The molecule has 1 amide bonds. The van der Waals surface area contributed by atoms with E-state index in [-0.39, 0.29) is 11.8 Å². The molecule has 3 N–H and O–H groups in total. The summed E-state index contributed by atoms with van der Waals surface area (Å²) in [5.41, 5.74) is 6.34. The summed E-state index contributed by atoms with van der Waals surface area (Å²) in [6.07, 6.45) is 0.978. The zero-order chi connectivity index (χ0) is 13.0. The third kappa shape index (κ3) is 3.45. The van der Waals surface area contributed by atoms with Crippen LogP contribution in [0.25, 0.3) is 0 Å². The van der Waals surface area contributed by atoms with Gasteiger partial charge in [-0.1, -0.05) is 23.7 Å². The molecule has 1 heterocycles. The van der Waals surface area contributed by atoms with Gasteiger partial charge >= 0.3 is 0 Å². The lowest BCUT2D eigenvalue weighted by Crippen LogP contribution is -2.37. The lowest BCUT2D eigenvalue weighted by atomic mass is 9.98. The van der Waals surface area contributed by atoms with Gasteiger partial charge in [0.1, 0.15) is 0 Å². The molecule has 1 fully saturated rings. The Morgan fingerprint density at radius 2 is 2.22 bits per heavy atom.